The Kier molecular flexibility index (Phi) is 13.7. The second-order valence-corrected chi connectivity index (χ2v) is 22.9. The molecular formula is C22H48O6Si3. The second-order valence-electron chi connectivity index (χ2n) is 10.4. The molecule has 0 N–H and O–H groups in total. The highest BCUT2D eigenvalue weighted by molar-refractivity contribution is 6.87. The van der Waals surface area contributed by atoms with E-state index in [0.717, 1.165) is 18.4 Å². The average molecular weight is 493 g/mol. The molecular weight excluding hydrogens is 444 g/mol. The van der Waals surface area contributed by atoms with E-state index < -0.39 is 31.1 Å². The van der Waals surface area contributed by atoms with Crippen LogP contribution in [0.25, 0.3) is 0 Å². The minimum Gasteiger partial charge on any atom is -0.469 e. The van der Waals surface area contributed by atoms with Crippen LogP contribution in [0.1, 0.15) is 52.4 Å². The highest BCUT2D eigenvalue weighted by Crippen LogP contribution is 2.28. The first-order valence-electron chi connectivity index (χ1n) is 11.7. The lowest BCUT2D eigenvalue weighted by Crippen LogP contribution is -2.52. The van der Waals surface area contributed by atoms with Gasteiger partial charge >= 0.3 is 20.5 Å². The van der Waals surface area contributed by atoms with Crippen molar-refractivity contribution in [3.8, 4) is 0 Å². The van der Waals surface area contributed by atoms with Gasteiger partial charge in [0.1, 0.15) is 0 Å². The van der Waals surface area contributed by atoms with Gasteiger partial charge in [-0.25, -0.2) is 0 Å². The minimum absolute atomic E-state index is 0.0613. The van der Waals surface area contributed by atoms with E-state index in [2.05, 4.69) is 53.1 Å². The Hall–Kier alpha value is -0.489. The van der Waals surface area contributed by atoms with Crippen LogP contribution in [0.5, 0.6) is 0 Å². The van der Waals surface area contributed by atoms with Crippen LogP contribution in [0, 0.1) is 11.8 Å². The van der Waals surface area contributed by atoms with Gasteiger partial charge in [0.2, 0.25) is 0 Å². The van der Waals surface area contributed by atoms with Gasteiger partial charge < -0.3 is 17.7 Å². The van der Waals surface area contributed by atoms with Crippen molar-refractivity contribution in [2.45, 2.75) is 104 Å². The largest absolute Gasteiger partial charge is 0.469 e. The normalized spacial score (nSPS) is 14.8. The lowest BCUT2D eigenvalue weighted by atomic mass is 10.0. The van der Waals surface area contributed by atoms with Crippen molar-refractivity contribution in [3.05, 3.63) is 0 Å². The Balaban J connectivity index is 4.71. The van der Waals surface area contributed by atoms with E-state index in [9.17, 15) is 9.59 Å². The average Bonchev–Trinajstić information content (AvgIpc) is 2.63. The molecule has 0 aliphatic carbocycles. The summed E-state index contributed by atoms with van der Waals surface area (Å²) in [7, 11) is -3.27. The van der Waals surface area contributed by atoms with Crippen molar-refractivity contribution in [3.63, 3.8) is 0 Å². The molecule has 0 radical (unpaired) electrons. The fourth-order valence-electron chi connectivity index (χ4n) is 4.06. The van der Waals surface area contributed by atoms with Crippen LogP contribution in [0.3, 0.4) is 0 Å². The molecule has 0 aliphatic heterocycles. The van der Waals surface area contributed by atoms with Gasteiger partial charge in [0.15, 0.2) is 16.6 Å². The van der Waals surface area contributed by atoms with Gasteiger partial charge in [-0.1, -0.05) is 39.5 Å². The first kappa shape index (κ1) is 30.5. The quantitative estimate of drug-likeness (QED) is 0.192. The van der Waals surface area contributed by atoms with Crippen LogP contribution in [-0.2, 0) is 27.3 Å². The smallest absolute Gasteiger partial charge is 0.311 e. The van der Waals surface area contributed by atoms with Crippen molar-refractivity contribution >= 4 is 37.1 Å². The second kappa shape index (κ2) is 13.9. The third kappa shape index (κ3) is 14.3. The van der Waals surface area contributed by atoms with E-state index in [1.54, 1.807) is 0 Å². The highest BCUT2D eigenvalue weighted by atomic mass is 28.5. The van der Waals surface area contributed by atoms with Crippen molar-refractivity contribution < 1.29 is 27.3 Å². The van der Waals surface area contributed by atoms with Crippen LogP contribution < -0.4 is 0 Å². The predicted octanol–water partition coefficient (Wildman–Crippen LogP) is 6.09. The molecule has 0 saturated heterocycles. The molecule has 6 nitrogen and oxygen atoms in total. The number of esters is 2. The number of hydrogen-bond donors (Lipinski definition) is 0. The van der Waals surface area contributed by atoms with Gasteiger partial charge in [-0.2, -0.15) is 0 Å². The Bertz CT molecular complexity index is 551. The van der Waals surface area contributed by atoms with Gasteiger partial charge in [0.25, 0.3) is 0 Å². The molecule has 0 aromatic heterocycles. The third-order valence-electron chi connectivity index (χ3n) is 5.72. The summed E-state index contributed by atoms with van der Waals surface area (Å²) in [6, 6.07) is 2.09. The summed E-state index contributed by atoms with van der Waals surface area (Å²) >= 11 is 0. The maximum Gasteiger partial charge on any atom is 0.311 e. The number of rotatable bonds is 16. The molecule has 0 aliphatic rings. The molecule has 0 rings (SSSR count). The summed E-state index contributed by atoms with van der Waals surface area (Å²) in [6.45, 7) is 18.0. The molecule has 0 heterocycles. The van der Waals surface area contributed by atoms with Gasteiger partial charge in [-0.15, -0.1) is 0 Å². The topological polar surface area (TPSA) is 71.1 Å². The van der Waals surface area contributed by atoms with Crippen LogP contribution in [0.4, 0.5) is 0 Å². The zero-order valence-electron chi connectivity index (χ0n) is 21.8. The Morgan fingerprint density at radius 1 is 0.806 bits per heavy atom. The van der Waals surface area contributed by atoms with Crippen LogP contribution in [0.2, 0.25) is 51.4 Å². The van der Waals surface area contributed by atoms with Gasteiger partial charge in [-0.05, 0) is 63.7 Å². The SMILES string of the molecule is CCC(C)CCC[Si](C)(C)O[Si](C)(C)O[Si](C)(C)CCCC(CC(=O)OC)C(=O)OC. The molecule has 0 aromatic rings. The number of hydrogen-bond acceptors (Lipinski definition) is 6. The summed E-state index contributed by atoms with van der Waals surface area (Å²) in [5, 5.41) is 0. The monoisotopic (exact) mass is 492 g/mol. The van der Waals surface area contributed by atoms with Crippen molar-refractivity contribution in [2.24, 2.45) is 11.8 Å². The van der Waals surface area contributed by atoms with Crippen LogP contribution in [-0.4, -0.2) is 51.4 Å². The fourth-order valence-corrected chi connectivity index (χ4v) is 18.2. The number of carbonyl (C=O) groups is 2. The molecule has 2 unspecified atom stereocenters. The molecule has 31 heavy (non-hydrogen) atoms. The maximum absolute atomic E-state index is 12.0. The Morgan fingerprint density at radius 2 is 1.29 bits per heavy atom. The van der Waals surface area contributed by atoms with Gasteiger partial charge in [-0.3, -0.25) is 9.59 Å². The van der Waals surface area contributed by atoms with Gasteiger partial charge in [0.05, 0.1) is 26.6 Å². The molecule has 0 amide bonds. The minimum atomic E-state index is -2.24. The Morgan fingerprint density at radius 3 is 1.71 bits per heavy atom. The molecule has 0 aromatic carbocycles. The van der Waals surface area contributed by atoms with Gasteiger partial charge in [0, 0.05) is 0 Å². The first-order chi connectivity index (χ1) is 14.2. The zero-order valence-corrected chi connectivity index (χ0v) is 24.8. The number of ether oxygens (including phenoxy) is 2. The number of carbonyl (C=O) groups excluding carboxylic acids is 2. The van der Waals surface area contributed by atoms with E-state index in [0.29, 0.717) is 6.42 Å². The molecule has 184 valence electrons. The highest BCUT2D eigenvalue weighted by Gasteiger charge is 2.39. The molecule has 9 heteroatoms. The summed E-state index contributed by atoms with van der Waals surface area (Å²) in [4.78, 5) is 23.6. The molecule has 0 spiro atoms. The lowest BCUT2D eigenvalue weighted by molar-refractivity contribution is -0.152. The molecule has 0 saturated carbocycles. The van der Waals surface area contributed by atoms with E-state index in [1.807, 2.05) is 0 Å². The first-order valence-corrected chi connectivity index (χ1v) is 20.8. The van der Waals surface area contributed by atoms with E-state index in [4.69, 9.17) is 17.7 Å². The molecule has 0 fully saturated rings. The third-order valence-corrected chi connectivity index (χ3v) is 17.2. The standard InChI is InChI=1S/C22H48O6Si3/c1-11-19(2)14-12-16-29(5,6)27-31(9,10)28-30(7,8)17-13-15-20(22(24)26-4)18-21(23)25-3/h19-20H,11-18H2,1-10H3. The van der Waals surface area contributed by atoms with Crippen molar-refractivity contribution in [1.82, 2.24) is 0 Å². The number of methoxy groups -OCH3 is 2. The zero-order chi connectivity index (χ0) is 24.3. The van der Waals surface area contributed by atoms with Crippen molar-refractivity contribution in [1.29, 1.82) is 0 Å². The molecule has 0 bridgehead atoms. The van der Waals surface area contributed by atoms with Crippen LogP contribution in [0.15, 0.2) is 0 Å². The predicted molar refractivity (Wildman–Crippen MR) is 134 cm³/mol. The Labute approximate surface area is 194 Å². The fraction of sp³-hybridized carbons (Fsp3) is 0.909. The molecule has 2 atom stereocenters. The van der Waals surface area contributed by atoms with Crippen LogP contribution >= 0.6 is 0 Å². The maximum atomic E-state index is 12.0. The van der Waals surface area contributed by atoms with Crippen molar-refractivity contribution in [2.75, 3.05) is 14.2 Å². The summed E-state index contributed by atoms with van der Waals surface area (Å²) in [5.74, 6) is -0.411. The summed E-state index contributed by atoms with van der Waals surface area (Å²) in [5.41, 5.74) is 0. The van der Waals surface area contributed by atoms with E-state index >= 15 is 0 Å². The van der Waals surface area contributed by atoms with E-state index in [-0.39, 0.29) is 18.4 Å². The van der Waals surface area contributed by atoms with E-state index in [1.165, 1.54) is 39.5 Å². The summed E-state index contributed by atoms with van der Waals surface area (Å²) in [6.07, 6.45) is 5.21. The summed E-state index contributed by atoms with van der Waals surface area (Å²) < 4.78 is 22.9. The lowest BCUT2D eigenvalue weighted by Gasteiger charge is -2.39.